The molecule has 1 aromatic rings. The minimum Gasteiger partial charge on any atom is -0.358 e. The highest BCUT2D eigenvalue weighted by Crippen LogP contribution is 2.38. The molecule has 0 aliphatic carbocycles. The summed E-state index contributed by atoms with van der Waals surface area (Å²) >= 11 is 7.04. The fourth-order valence-electron chi connectivity index (χ4n) is 1.49. The summed E-state index contributed by atoms with van der Waals surface area (Å²) in [6, 6.07) is 10.3. The summed E-state index contributed by atoms with van der Waals surface area (Å²) < 4.78 is 5.73. The first kappa shape index (κ1) is 9.69. The van der Waals surface area contributed by atoms with Gasteiger partial charge in [0.1, 0.15) is 5.01 Å². The molecule has 0 aromatic heterocycles. The zero-order valence-corrected chi connectivity index (χ0v) is 10.2. The third-order valence-electron chi connectivity index (χ3n) is 2.19. The van der Waals surface area contributed by atoms with Crippen molar-refractivity contribution < 1.29 is 4.74 Å². The summed E-state index contributed by atoms with van der Waals surface area (Å²) in [5, 5.41) is 0.137. The van der Waals surface area contributed by atoms with Crippen molar-refractivity contribution in [3.63, 3.8) is 0 Å². The van der Waals surface area contributed by atoms with Crippen LogP contribution in [0.15, 0.2) is 30.3 Å². The summed E-state index contributed by atoms with van der Waals surface area (Å²) in [5.41, 5.74) is 1.26. The predicted molar refractivity (Wildman–Crippen MR) is 60.3 cm³/mol. The van der Waals surface area contributed by atoms with Crippen LogP contribution in [0.2, 0.25) is 0 Å². The maximum atomic E-state index is 5.73. The van der Waals surface area contributed by atoms with Crippen LogP contribution in [0.3, 0.4) is 0 Å². The van der Waals surface area contributed by atoms with Gasteiger partial charge in [0, 0.05) is 0 Å². The molecule has 1 fully saturated rings. The maximum absolute atomic E-state index is 5.73. The minimum atomic E-state index is 0.137. The topological polar surface area (TPSA) is 9.23 Å². The maximum Gasteiger partial charge on any atom is 0.125 e. The van der Waals surface area contributed by atoms with Crippen LogP contribution in [0, 0.1) is 0 Å². The first-order chi connectivity index (χ1) is 6.27. The van der Waals surface area contributed by atoms with E-state index in [9.17, 15) is 0 Å². The second-order valence-electron chi connectivity index (χ2n) is 3.14. The lowest BCUT2D eigenvalue weighted by Gasteiger charge is -2.09. The Morgan fingerprint density at radius 3 is 2.38 bits per heavy atom. The lowest BCUT2D eigenvalue weighted by molar-refractivity contribution is 0.0970. The number of hydrogen-bond donors (Lipinski definition) is 0. The summed E-state index contributed by atoms with van der Waals surface area (Å²) in [4.78, 5) is 0.415. The molecule has 1 saturated heterocycles. The average Bonchev–Trinajstić information content (AvgIpc) is 2.49. The van der Waals surface area contributed by atoms with Crippen LogP contribution in [-0.2, 0) is 4.74 Å². The molecular formula is C10H10Br2O. The Balaban J connectivity index is 2.12. The Bertz CT molecular complexity index is 266. The van der Waals surface area contributed by atoms with Crippen molar-refractivity contribution in [2.45, 2.75) is 22.4 Å². The van der Waals surface area contributed by atoms with Gasteiger partial charge >= 0.3 is 0 Å². The molecule has 2 rings (SSSR count). The van der Waals surface area contributed by atoms with Crippen molar-refractivity contribution in [1.82, 2.24) is 0 Å². The van der Waals surface area contributed by atoms with E-state index in [0.29, 0.717) is 4.83 Å². The molecule has 1 aromatic carbocycles. The molecular weight excluding hydrogens is 296 g/mol. The summed E-state index contributed by atoms with van der Waals surface area (Å²) in [5.74, 6) is 0. The van der Waals surface area contributed by atoms with E-state index in [-0.39, 0.29) is 11.1 Å². The Morgan fingerprint density at radius 1 is 1.15 bits per heavy atom. The first-order valence-corrected chi connectivity index (χ1v) is 6.09. The highest BCUT2D eigenvalue weighted by atomic mass is 79.9. The molecule has 70 valence electrons. The van der Waals surface area contributed by atoms with Crippen molar-refractivity contribution in [3.05, 3.63) is 35.9 Å². The van der Waals surface area contributed by atoms with Gasteiger partial charge in [0.2, 0.25) is 0 Å². The van der Waals surface area contributed by atoms with Crippen molar-refractivity contribution in [3.8, 4) is 0 Å². The number of rotatable bonds is 1. The van der Waals surface area contributed by atoms with Crippen LogP contribution < -0.4 is 0 Å². The molecule has 0 N–H and O–H groups in total. The highest BCUT2D eigenvalue weighted by molar-refractivity contribution is 9.12. The SMILES string of the molecule is Br[C@H]1C[C@H](c2ccccc2)O[C@@H]1Br. The van der Waals surface area contributed by atoms with Gasteiger partial charge in [0.25, 0.3) is 0 Å². The van der Waals surface area contributed by atoms with E-state index in [4.69, 9.17) is 4.74 Å². The third kappa shape index (κ3) is 2.14. The van der Waals surface area contributed by atoms with Gasteiger partial charge in [0.15, 0.2) is 0 Å². The molecule has 1 aliphatic heterocycles. The van der Waals surface area contributed by atoms with Crippen LogP contribution >= 0.6 is 31.9 Å². The van der Waals surface area contributed by atoms with Crippen LogP contribution in [0.25, 0.3) is 0 Å². The van der Waals surface area contributed by atoms with Gasteiger partial charge in [-0.15, -0.1) is 0 Å². The second-order valence-corrected chi connectivity index (χ2v) is 5.22. The molecule has 1 aliphatic rings. The second kappa shape index (κ2) is 4.11. The van der Waals surface area contributed by atoms with E-state index in [1.165, 1.54) is 5.56 Å². The minimum absolute atomic E-state index is 0.137. The van der Waals surface area contributed by atoms with E-state index < -0.39 is 0 Å². The Kier molecular flexibility index (Phi) is 3.06. The molecule has 0 bridgehead atoms. The Hall–Kier alpha value is 0.140. The quantitative estimate of drug-likeness (QED) is 0.720. The first-order valence-electron chi connectivity index (χ1n) is 4.26. The number of ether oxygens (including phenoxy) is 1. The normalized spacial score (nSPS) is 33.5. The van der Waals surface area contributed by atoms with Gasteiger partial charge < -0.3 is 4.74 Å². The third-order valence-corrected chi connectivity index (χ3v) is 4.61. The summed E-state index contributed by atoms with van der Waals surface area (Å²) in [7, 11) is 0. The smallest absolute Gasteiger partial charge is 0.125 e. The summed E-state index contributed by atoms with van der Waals surface area (Å²) in [6.07, 6.45) is 1.26. The standard InChI is InChI=1S/C10H10Br2O/c11-8-6-9(13-10(8)12)7-4-2-1-3-5-7/h1-5,8-10H,6H2/t8-,9+,10-/m0/s1. The highest BCUT2D eigenvalue weighted by Gasteiger charge is 2.32. The molecule has 1 nitrogen and oxygen atoms in total. The van der Waals surface area contributed by atoms with E-state index in [0.717, 1.165) is 6.42 Å². The van der Waals surface area contributed by atoms with E-state index in [2.05, 4.69) is 44.0 Å². The van der Waals surface area contributed by atoms with Gasteiger partial charge in [-0.2, -0.15) is 0 Å². The Morgan fingerprint density at radius 2 is 1.85 bits per heavy atom. The number of halogens is 2. The van der Waals surface area contributed by atoms with Gasteiger partial charge in [-0.1, -0.05) is 62.2 Å². The zero-order valence-electron chi connectivity index (χ0n) is 6.99. The predicted octanol–water partition coefficient (Wildman–Crippen LogP) is 3.63. The molecule has 0 unspecified atom stereocenters. The lowest BCUT2D eigenvalue weighted by atomic mass is 10.1. The lowest BCUT2D eigenvalue weighted by Crippen LogP contribution is -2.04. The van der Waals surface area contributed by atoms with Gasteiger partial charge in [0.05, 0.1) is 10.9 Å². The van der Waals surface area contributed by atoms with Crippen molar-refractivity contribution in [2.24, 2.45) is 0 Å². The van der Waals surface area contributed by atoms with E-state index in [1.807, 2.05) is 18.2 Å². The molecule has 0 radical (unpaired) electrons. The van der Waals surface area contributed by atoms with E-state index >= 15 is 0 Å². The molecule has 0 amide bonds. The van der Waals surface area contributed by atoms with Crippen molar-refractivity contribution >= 4 is 31.9 Å². The van der Waals surface area contributed by atoms with Gasteiger partial charge in [-0.3, -0.25) is 0 Å². The molecule has 0 spiro atoms. The largest absolute Gasteiger partial charge is 0.358 e. The fourth-order valence-corrected chi connectivity index (χ4v) is 2.43. The molecule has 0 saturated carbocycles. The van der Waals surface area contributed by atoms with Crippen LogP contribution in [0.4, 0.5) is 0 Å². The molecule has 13 heavy (non-hydrogen) atoms. The molecule has 1 heterocycles. The monoisotopic (exact) mass is 304 g/mol. The van der Waals surface area contributed by atoms with Gasteiger partial charge in [-0.25, -0.2) is 0 Å². The van der Waals surface area contributed by atoms with Gasteiger partial charge in [-0.05, 0) is 12.0 Å². The number of hydrogen-bond acceptors (Lipinski definition) is 1. The molecule has 3 atom stereocenters. The summed E-state index contributed by atoms with van der Waals surface area (Å²) in [6.45, 7) is 0. The average molecular weight is 306 g/mol. The number of alkyl halides is 2. The van der Waals surface area contributed by atoms with Crippen LogP contribution in [-0.4, -0.2) is 9.84 Å². The van der Waals surface area contributed by atoms with Crippen LogP contribution in [0.5, 0.6) is 0 Å². The zero-order chi connectivity index (χ0) is 9.26. The molecule has 3 heteroatoms. The van der Waals surface area contributed by atoms with Crippen molar-refractivity contribution in [2.75, 3.05) is 0 Å². The Labute approximate surface area is 94.7 Å². The van der Waals surface area contributed by atoms with Crippen molar-refractivity contribution in [1.29, 1.82) is 0 Å². The number of benzene rings is 1. The van der Waals surface area contributed by atoms with Crippen LogP contribution in [0.1, 0.15) is 18.1 Å². The van der Waals surface area contributed by atoms with E-state index in [1.54, 1.807) is 0 Å². The fraction of sp³-hybridized carbons (Fsp3) is 0.400.